The lowest BCUT2D eigenvalue weighted by atomic mass is 9.90. The molecular formula is C33H28F2N4O. The Hall–Kier alpha value is -4.36. The number of allylic oxidation sites excluding steroid dienone is 4. The number of aromatic amines is 1. The van der Waals surface area contributed by atoms with Crippen molar-refractivity contribution < 1.29 is 13.9 Å². The number of phenolic OH excluding ortho intramolecular Hbond substituents is 1. The molecule has 0 fully saturated rings. The topological polar surface area (TPSA) is 64.5 Å². The largest absolute Gasteiger partial charge is 0.505 e. The molecule has 7 heteroatoms. The molecule has 0 spiro atoms. The van der Waals surface area contributed by atoms with Gasteiger partial charge in [0.05, 0.1) is 22.8 Å². The van der Waals surface area contributed by atoms with Crippen LogP contribution in [-0.4, -0.2) is 32.2 Å². The zero-order valence-electron chi connectivity index (χ0n) is 22.1. The minimum absolute atomic E-state index is 0.216. The molecule has 3 aliphatic rings. The van der Waals surface area contributed by atoms with Gasteiger partial charge in [0.15, 0.2) is 11.6 Å². The molecule has 5 nitrogen and oxygen atoms in total. The summed E-state index contributed by atoms with van der Waals surface area (Å²) in [5.74, 6) is -0.299. The van der Waals surface area contributed by atoms with E-state index in [0.717, 1.165) is 93.6 Å². The number of nitrogens with one attached hydrogen (secondary N) is 1. The van der Waals surface area contributed by atoms with Crippen LogP contribution >= 0.6 is 0 Å². The molecule has 0 bridgehead atoms. The molecule has 3 heterocycles. The highest BCUT2D eigenvalue weighted by Gasteiger charge is 2.27. The number of fused-ring (bicyclic) bond motifs is 4. The molecule has 2 N–H and O–H groups in total. The highest BCUT2D eigenvalue weighted by Crippen LogP contribution is 2.43. The van der Waals surface area contributed by atoms with E-state index in [1.165, 1.54) is 24.3 Å². The van der Waals surface area contributed by atoms with E-state index in [-0.39, 0.29) is 11.6 Å². The van der Waals surface area contributed by atoms with Crippen LogP contribution in [0.3, 0.4) is 0 Å². The Morgan fingerprint density at radius 2 is 1.88 bits per heavy atom. The molecule has 0 amide bonds. The van der Waals surface area contributed by atoms with Gasteiger partial charge in [0, 0.05) is 49.2 Å². The number of aromatic hydroxyl groups is 1. The van der Waals surface area contributed by atoms with Crippen molar-refractivity contribution in [2.75, 3.05) is 6.54 Å². The van der Waals surface area contributed by atoms with Crippen LogP contribution in [-0.2, 0) is 25.9 Å². The lowest BCUT2D eigenvalue weighted by Crippen LogP contribution is -2.30. The van der Waals surface area contributed by atoms with Crippen molar-refractivity contribution >= 4 is 22.5 Å². The lowest BCUT2D eigenvalue weighted by molar-refractivity contribution is 0.241. The van der Waals surface area contributed by atoms with Crippen LogP contribution in [0, 0.1) is 11.6 Å². The number of hydrogen-bond donors (Lipinski definition) is 2. The third-order valence-electron chi connectivity index (χ3n) is 8.04. The summed E-state index contributed by atoms with van der Waals surface area (Å²) in [7, 11) is 0. The Bertz CT molecular complexity index is 1750. The molecule has 1 aliphatic carbocycles. The van der Waals surface area contributed by atoms with Crippen molar-refractivity contribution in [3.05, 3.63) is 112 Å². The van der Waals surface area contributed by atoms with Crippen LogP contribution in [0.1, 0.15) is 47.2 Å². The van der Waals surface area contributed by atoms with Gasteiger partial charge in [-0.05, 0) is 71.1 Å². The standard InChI is InChI=1S/C33H28F2N4O/c1-2-20-15-32(40)27(35)16-24(20)21-5-9-28-25(13-21)26-14-22(6-10-29(26)36-28)33-37-30-11-12-39(18-31(30)38-33)17-19-3-7-23(34)8-4-19/h3-9,13-16,40H,2,10-12,17-18H2,1H3,(H,37,38). The number of phenols is 1. The van der Waals surface area contributed by atoms with Gasteiger partial charge in [0.2, 0.25) is 0 Å². The fourth-order valence-corrected chi connectivity index (χ4v) is 5.92. The molecule has 1 aromatic heterocycles. The summed E-state index contributed by atoms with van der Waals surface area (Å²) in [6.45, 7) is 4.44. The first-order valence-electron chi connectivity index (χ1n) is 13.7. The van der Waals surface area contributed by atoms with E-state index < -0.39 is 5.82 Å². The smallest absolute Gasteiger partial charge is 0.165 e. The fraction of sp³-hybridized carbons (Fsp3) is 0.212. The lowest BCUT2D eigenvalue weighted by Gasteiger charge is -2.25. The zero-order chi connectivity index (χ0) is 27.4. The first-order valence-corrected chi connectivity index (χ1v) is 13.7. The second kappa shape index (κ2) is 9.68. The Labute approximate surface area is 231 Å². The van der Waals surface area contributed by atoms with E-state index in [9.17, 15) is 13.9 Å². The Morgan fingerprint density at radius 3 is 2.70 bits per heavy atom. The number of aromatic nitrogens is 2. The van der Waals surface area contributed by atoms with E-state index in [1.807, 2.05) is 31.2 Å². The van der Waals surface area contributed by atoms with Crippen LogP contribution in [0.4, 0.5) is 14.5 Å². The van der Waals surface area contributed by atoms with Gasteiger partial charge in [-0.15, -0.1) is 0 Å². The SMILES string of the molecule is CCc1cc(O)c(F)cc1-c1ccc2c(c1)C1=CC(c3nc4c([nH]3)CN(Cc3ccc(F)cc3)CC4)=CCC1=N2. The van der Waals surface area contributed by atoms with Gasteiger partial charge < -0.3 is 10.1 Å². The van der Waals surface area contributed by atoms with Crippen molar-refractivity contribution in [2.24, 2.45) is 4.99 Å². The number of aliphatic imine (C=N–C) groups is 1. The average molecular weight is 535 g/mol. The minimum Gasteiger partial charge on any atom is -0.505 e. The quantitative estimate of drug-likeness (QED) is 0.286. The number of halogens is 2. The fourth-order valence-electron chi connectivity index (χ4n) is 5.92. The molecule has 4 aromatic rings. The van der Waals surface area contributed by atoms with Crippen molar-refractivity contribution in [1.82, 2.24) is 14.9 Å². The first kappa shape index (κ1) is 24.7. The Kier molecular flexibility index (Phi) is 5.97. The maximum Gasteiger partial charge on any atom is 0.165 e. The Balaban J connectivity index is 1.16. The van der Waals surface area contributed by atoms with Gasteiger partial charge in [-0.3, -0.25) is 9.89 Å². The van der Waals surface area contributed by atoms with Crippen LogP contribution in [0.2, 0.25) is 0 Å². The number of hydrogen-bond acceptors (Lipinski definition) is 4. The van der Waals surface area contributed by atoms with Crippen molar-refractivity contribution in [1.29, 1.82) is 0 Å². The normalized spacial score (nSPS) is 16.1. The number of imidazole rings is 1. The number of benzene rings is 3. The number of nitrogens with zero attached hydrogens (tertiary/aromatic N) is 3. The predicted molar refractivity (Wildman–Crippen MR) is 153 cm³/mol. The molecule has 3 aromatic carbocycles. The van der Waals surface area contributed by atoms with E-state index in [0.29, 0.717) is 12.8 Å². The van der Waals surface area contributed by atoms with Crippen LogP contribution in [0.5, 0.6) is 5.75 Å². The van der Waals surface area contributed by atoms with Crippen molar-refractivity contribution in [3.8, 4) is 16.9 Å². The summed E-state index contributed by atoms with van der Waals surface area (Å²) in [5.41, 5.74) is 10.9. The van der Waals surface area contributed by atoms with Gasteiger partial charge in [-0.25, -0.2) is 13.8 Å². The average Bonchev–Trinajstić information content (AvgIpc) is 3.56. The molecule has 0 unspecified atom stereocenters. The number of aryl methyl sites for hydroxylation is 1. The predicted octanol–water partition coefficient (Wildman–Crippen LogP) is 7.14. The van der Waals surface area contributed by atoms with Crippen LogP contribution < -0.4 is 0 Å². The molecule has 0 saturated heterocycles. The molecule has 200 valence electrons. The van der Waals surface area contributed by atoms with E-state index >= 15 is 0 Å². The molecular weight excluding hydrogens is 506 g/mol. The van der Waals surface area contributed by atoms with Crippen LogP contribution in [0.15, 0.2) is 71.7 Å². The molecule has 0 radical (unpaired) electrons. The summed E-state index contributed by atoms with van der Waals surface area (Å²) in [6, 6.07) is 15.7. The number of H-pyrrole nitrogens is 1. The van der Waals surface area contributed by atoms with E-state index in [1.54, 1.807) is 0 Å². The highest BCUT2D eigenvalue weighted by molar-refractivity contribution is 6.32. The molecule has 0 atom stereocenters. The maximum atomic E-state index is 14.3. The van der Waals surface area contributed by atoms with Gasteiger partial charge in [-0.1, -0.05) is 31.2 Å². The third-order valence-corrected chi connectivity index (χ3v) is 8.04. The van der Waals surface area contributed by atoms with Crippen molar-refractivity contribution in [3.63, 3.8) is 0 Å². The van der Waals surface area contributed by atoms with Gasteiger partial charge in [0.25, 0.3) is 0 Å². The second-order valence-corrected chi connectivity index (χ2v) is 10.6. The Morgan fingerprint density at radius 1 is 1.02 bits per heavy atom. The maximum absolute atomic E-state index is 14.3. The second-order valence-electron chi connectivity index (χ2n) is 10.6. The van der Waals surface area contributed by atoms with Gasteiger partial charge >= 0.3 is 0 Å². The molecule has 2 aliphatic heterocycles. The number of rotatable bonds is 5. The summed E-state index contributed by atoms with van der Waals surface area (Å²) in [6.07, 6.45) is 6.57. The summed E-state index contributed by atoms with van der Waals surface area (Å²) < 4.78 is 27.6. The molecule has 7 rings (SSSR count). The summed E-state index contributed by atoms with van der Waals surface area (Å²) >= 11 is 0. The molecule has 40 heavy (non-hydrogen) atoms. The first-order chi connectivity index (χ1) is 19.4. The van der Waals surface area contributed by atoms with Gasteiger partial charge in [-0.2, -0.15) is 0 Å². The minimum atomic E-state index is -0.621. The third kappa shape index (κ3) is 4.36. The summed E-state index contributed by atoms with van der Waals surface area (Å²) in [4.78, 5) is 15.7. The van der Waals surface area contributed by atoms with Gasteiger partial charge in [0.1, 0.15) is 11.6 Å². The zero-order valence-corrected chi connectivity index (χ0v) is 22.1. The monoisotopic (exact) mass is 534 g/mol. The van der Waals surface area contributed by atoms with E-state index in [2.05, 4.69) is 28.1 Å². The molecule has 0 saturated carbocycles. The van der Waals surface area contributed by atoms with Crippen LogP contribution in [0.25, 0.3) is 22.3 Å². The van der Waals surface area contributed by atoms with E-state index in [4.69, 9.17) is 9.98 Å². The highest BCUT2D eigenvalue weighted by atomic mass is 19.1. The summed E-state index contributed by atoms with van der Waals surface area (Å²) in [5, 5.41) is 9.87. The van der Waals surface area contributed by atoms with Crippen molar-refractivity contribution in [2.45, 2.75) is 39.3 Å².